The number of rotatable bonds is 2. The van der Waals surface area contributed by atoms with E-state index in [2.05, 4.69) is 149 Å². The second-order valence-electron chi connectivity index (χ2n) is 16.4. The Morgan fingerprint density at radius 2 is 0.677 bits per heavy atom. The van der Waals surface area contributed by atoms with Crippen LogP contribution in [0.5, 0.6) is 46.0 Å². The molecule has 11 heteroatoms. The summed E-state index contributed by atoms with van der Waals surface area (Å²) in [5.41, 5.74) is 9.97. The van der Waals surface area contributed by atoms with Crippen molar-refractivity contribution in [1.82, 2.24) is 0 Å². The van der Waals surface area contributed by atoms with Gasteiger partial charge in [0, 0.05) is 40.2 Å². The van der Waals surface area contributed by atoms with E-state index in [1.54, 1.807) is 47.0 Å². The summed E-state index contributed by atoms with van der Waals surface area (Å²) in [6, 6.07) is 62.3. The van der Waals surface area contributed by atoms with Crippen molar-refractivity contribution in [3.63, 3.8) is 0 Å². The van der Waals surface area contributed by atoms with Crippen LogP contribution >= 0.6 is 47.0 Å². The third-order valence-electron chi connectivity index (χ3n) is 12.6. The van der Waals surface area contributed by atoms with Crippen LogP contribution in [0.4, 0.5) is 34.1 Å². The monoisotopic (exact) mass is 908 g/mol. The highest BCUT2D eigenvalue weighted by molar-refractivity contribution is 8.00. The molecule has 6 heterocycles. The third kappa shape index (κ3) is 5.56. The molecular formula is C54H29BN2O4S4. The molecule has 65 heavy (non-hydrogen) atoms. The Morgan fingerprint density at radius 3 is 1.20 bits per heavy atom. The molecule has 306 valence electrons. The molecule has 9 aromatic carbocycles. The van der Waals surface area contributed by atoms with Gasteiger partial charge in [-0.2, -0.15) is 0 Å². The van der Waals surface area contributed by atoms with E-state index in [0.29, 0.717) is 0 Å². The van der Waals surface area contributed by atoms with E-state index in [0.717, 1.165) is 130 Å². The Bertz CT molecular complexity index is 3360. The molecular weight excluding hydrogens is 880 g/mol. The van der Waals surface area contributed by atoms with Crippen molar-refractivity contribution in [2.24, 2.45) is 0 Å². The van der Waals surface area contributed by atoms with Gasteiger partial charge in [-0.3, -0.25) is 0 Å². The highest BCUT2D eigenvalue weighted by Gasteiger charge is 2.45. The first kappa shape index (κ1) is 36.6. The van der Waals surface area contributed by atoms with Gasteiger partial charge in [0.1, 0.15) is 46.0 Å². The average molecular weight is 909 g/mol. The molecule has 0 fully saturated rings. The van der Waals surface area contributed by atoms with Crippen molar-refractivity contribution >= 4 is 104 Å². The maximum absolute atomic E-state index is 6.79. The van der Waals surface area contributed by atoms with Crippen LogP contribution in [0.15, 0.2) is 215 Å². The first-order valence-corrected chi connectivity index (χ1v) is 24.6. The number of hydrogen-bond donors (Lipinski definition) is 0. The highest BCUT2D eigenvalue weighted by atomic mass is 32.2. The lowest BCUT2D eigenvalue weighted by Gasteiger charge is -2.45. The molecule has 0 aliphatic carbocycles. The maximum Gasteiger partial charge on any atom is 0.252 e. The van der Waals surface area contributed by atoms with Gasteiger partial charge in [-0.15, -0.1) is 0 Å². The Hall–Kier alpha value is -6.76. The van der Waals surface area contributed by atoms with Gasteiger partial charge < -0.3 is 28.7 Å². The minimum atomic E-state index is -0.163. The Kier molecular flexibility index (Phi) is 7.81. The summed E-state index contributed by atoms with van der Waals surface area (Å²) >= 11 is 7.00. The van der Waals surface area contributed by atoms with Crippen molar-refractivity contribution in [1.29, 1.82) is 0 Å². The zero-order valence-corrected chi connectivity index (χ0v) is 37.2. The smallest absolute Gasteiger partial charge is 0.252 e. The predicted octanol–water partition coefficient (Wildman–Crippen LogP) is 14.8. The Morgan fingerprint density at radius 1 is 0.292 bits per heavy atom. The second-order valence-corrected chi connectivity index (χ2v) is 20.7. The standard InChI is InChI=1S/C54H29BN2O4S4/c1-6-17-47-38(12-1)58-42-22-20-31(25-51(42)63-47)57-35-11-9-10-34-54(35)55(33-27-45-53(29-37(33)57)65-49-19-8-4-15-41(49)61-45)32-26-44-52(64-48-18-7-3-14-40(48)60-44)28-36(32)56(34)30-21-23-50-43(24-30)59-39-13-2-5-16-46(39)62-50/h1-29H. The maximum atomic E-state index is 6.79. The summed E-state index contributed by atoms with van der Waals surface area (Å²) < 4.78 is 26.7. The zero-order chi connectivity index (χ0) is 42.3. The zero-order valence-electron chi connectivity index (χ0n) is 34.0. The second kappa shape index (κ2) is 13.9. The fraction of sp³-hybridized carbons (Fsp3) is 0. The first-order chi connectivity index (χ1) is 32.1. The Labute approximate surface area is 391 Å². The van der Waals surface area contributed by atoms with Crippen molar-refractivity contribution in [3.8, 4) is 46.0 Å². The van der Waals surface area contributed by atoms with E-state index >= 15 is 0 Å². The van der Waals surface area contributed by atoms with Crippen LogP contribution in [-0.4, -0.2) is 6.71 Å². The van der Waals surface area contributed by atoms with Gasteiger partial charge >= 0.3 is 0 Å². The summed E-state index contributed by atoms with van der Waals surface area (Å²) in [7, 11) is 0. The van der Waals surface area contributed by atoms with Crippen LogP contribution in [0.25, 0.3) is 0 Å². The van der Waals surface area contributed by atoms with Crippen LogP contribution in [0.1, 0.15) is 0 Å². The number of anilines is 6. The average Bonchev–Trinajstić information content (AvgIpc) is 3.34. The molecule has 0 atom stereocenters. The van der Waals surface area contributed by atoms with E-state index in [4.69, 9.17) is 18.9 Å². The van der Waals surface area contributed by atoms with Gasteiger partial charge in [0.05, 0.1) is 39.2 Å². The largest absolute Gasteiger partial charge is 0.455 e. The molecule has 6 nitrogen and oxygen atoms in total. The van der Waals surface area contributed by atoms with Gasteiger partial charge in [-0.05, 0) is 132 Å². The van der Waals surface area contributed by atoms with E-state index in [1.165, 1.54) is 5.46 Å². The van der Waals surface area contributed by atoms with Crippen LogP contribution in [0.2, 0.25) is 0 Å². The molecule has 6 aliphatic rings. The van der Waals surface area contributed by atoms with Crippen molar-refractivity contribution < 1.29 is 18.9 Å². The first-order valence-electron chi connectivity index (χ1n) is 21.3. The SMILES string of the molecule is c1ccc2c(c1)Oc1cc(N3c4cc5c(cc4B4c6cc7c(cc6N(c6ccc8c(c6)Sc6ccccc6O8)c6cccc3c64)Sc3ccccc3O7)Oc3ccccc3S5)ccc1S2. The van der Waals surface area contributed by atoms with Gasteiger partial charge in [-0.25, -0.2) is 0 Å². The molecule has 0 N–H and O–H groups in total. The van der Waals surface area contributed by atoms with Crippen LogP contribution < -0.4 is 45.1 Å². The lowest BCUT2D eigenvalue weighted by atomic mass is 9.33. The third-order valence-corrected chi connectivity index (χ3v) is 17.1. The predicted molar refractivity (Wildman–Crippen MR) is 263 cm³/mol. The molecule has 0 bridgehead atoms. The number of benzene rings is 9. The van der Waals surface area contributed by atoms with Gasteiger partial charge in [0.2, 0.25) is 0 Å². The minimum absolute atomic E-state index is 0.163. The number of fused-ring (bicyclic) bond motifs is 12. The van der Waals surface area contributed by atoms with E-state index < -0.39 is 0 Å². The fourth-order valence-electron chi connectivity index (χ4n) is 9.84. The van der Waals surface area contributed by atoms with E-state index in [1.807, 2.05) is 36.4 Å². The summed E-state index contributed by atoms with van der Waals surface area (Å²) in [6.07, 6.45) is 0. The molecule has 0 radical (unpaired) electrons. The summed E-state index contributed by atoms with van der Waals surface area (Å²) in [5.74, 6) is 6.89. The molecule has 0 saturated carbocycles. The van der Waals surface area contributed by atoms with Gasteiger partial charge in [0.25, 0.3) is 6.71 Å². The molecule has 0 saturated heterocycles. The molecule has 0 spiro atoms. The topological polar surface area (TPSA) is 43.4 Å². The number of para-hydroxylation sites is 4. The summed E-state index contributed by atoms with van der Waals surface area (Å²) in [5, 5.41) is 0. The molecule has 0 amide bonds. The van der Waals surface area contributed by atoms with Crippen LogP contribution in [0, 0.1) is 0 Å². The van der Waals surface area contributed by atoms with Gasteiger partial charge in [-0.1, -0.05) is 102 Å². The number of nitrogens with zero attached hydrogens (tertiary/aromatic N) is 2. The molecule has 9 aromatic rings. The summed E-state index contributed by atoms with van der Waals surface area (Å²) in [4.78, 5) is 13.6. The molecule has 15 rings (SSSR count). The van der Waals surface area contributed by atoms with E-state index in [9.17, 15) is 0 Å². The van der Waals surface area contributed by atoms with Crippen molar-refractivity contribution in [3.05, 3.63) is 176 Å². The lowest BCUT2D eigenvalue weighted by Crippen LogP contribution is -2.61. The number of ether oxygens (including phenoxy) is 4. The molecule has 0 unspecified atom stereocenters. The molecule has 6 aliphatic heterocycles. The lowest BCUT2D eigenvalue weighted by molar-refractivity contribution is 0.454. The molecule has 0 aromatic heterocycles. The highest BCUT2D eigenvalue weighted by Crippen LogP contribution is 2.56. The van der Waals surface area contributed by atoms with Crippen molar-refractivity contribution in [2.75, 3.05) is 9.80 Å². The van der Waals surface area contributed by atoms with E-state index in [-0.39, 0.29) is 6.71 Å². The fourth-order valence-corrected chi connectivity index (χ4v) is 13.7. The quantitative estimate of drug-likeness (QED) is 0.157. The Balaban J connectivity index is 0.969. The van der Waals surface area contributed by atoms with Crippen LogP contribution in [0.3, 0.4) is 0 Å². The summed E-state index contributed by atoms with van der Waals surface area (Å²) in [6.45, 7) is -0.163. The van der Waals surface area contributed by atoms with Gasteiger partial charge in [0.15, 0.2) is 0 Å². The van der Waals surface area contributed by atoms with Crippen LogP contribution in [-0.2, 0) is 0 Å². The number of hydrogen-bond acceptors (Lipinski definition) is 10. The normalized spacial score (nSPS) is 14.6. The minimum Gasteiger partial charge on any atom is -0.455 e. The van der Waals surface area contributed by atoms with Crippen molar-refractivity contribution in [2.45, 2.75) is 39.2 Å².